The molecule has 0 amide bonds. The lowest BCUT2D eigenvalue weighted by Gasteiger charge is -2.34. The Hall–Kier alpha value is -2.03. The summed E-state index contributed by atoms with van der Waals surface area (Å²) in [5.41, 5.74) is -1.84. The van der Waals surface area contributed by atoms with E-state index in [0.29, 0.717) is 0 Å². The Morgan fingerprint density at radius 1 is 1.37 bits per heavy atom. The zero-order valence-electron chi connectivity index (χ0n) is 10.0. The van der Waals surface area contributed by atoms with Gasteiger partial charge in [-0.15, -0.1) is 0 Å². The quantitative estimate of drug-likeness (QED) is 0.829. The van der Waals surface area contributed by atoms with Crippen LogP contribution in [0.5, 0.6) is 5.75 Å². The van der Waals surface area contributed by atoms with E-state index in [1.54, 1.807) is 0 Å². The summed E-state index contributed by atoms with van der Waals surface area (Å²) in [4.78, 5) is 11.1. The minimum atomic E-state index is -4.56. The number of hydrogen-bond donors (Lipinski definition) is 0. The van der Waals surface area contributed by atoms with Crippen molar-refractivity contribution in [3.63, 3.8) is 0 Å². The summed E-state index contributed by atoms with van der Waals surface area (Å²) in [6.07, 6.45) is -4.63. The van der Waals surface area contributed by atoms with Gasteiger partial charge < -0.3 is 4.74 Å². The first-order valence-corrected chi connectivity index (χ1v) is 5.51. The van der Waals surface area contributed by atoms with E-state index in [1.165, 1.54) is 12.1 Å². The van der Waals surface area contributed by atoms with Crippen LogP contribution in [0, 0.1) is 11.3 Å². The van der Waals surface area contributed by atoms with Gasteiger partial charge in [0, 0.05) is 12.8 Å². The Morgan fingerprint density at radius 2 is 2.00 bits per heavy atom. The Morgan fingerprint density at radius 3 is 2.42 bits per heavy atom. The first-order chi connectivity index (χ1) is 8.82. The number of rotatable bonds is 2. The Kier molecular flexibility index (Phi) is 3.01. The number of alkyl halides is 3. The van der Waals surface area contributed by atoms with E-state index in [-0.39, 0.29) is 29.9 Å². The molecule has 0 heterocycles. The smallest absolute Gasteiger partial charge is 0.419 e. The minimum Gasteiger partial charge on any atom is -0.496 e. The van der Waals surface area contributed by atoms with Gasteiger partial charge in [-0.3, -0.25) is 4.79 Å². The van der Waals surface area contributed by atoms with Crippen molar-refractivity contribution in [3.05, 3.63) is 29.3 Å². The molecule has 0 bridgehead atoms. The standard InChI is InChI=1S/C13H10F3NO2/c1-19-11-3-2-8(4-10(11)13(14,15)16)12(7-17)5-9(18)6-12/h2-4H,5-6H2,1H3. The molecule has 0 radical (unpaired) electrons. The molecule has 0 atom stereocenters. The van der Waals surface area contributed by atoms with Crippen LogP contribution in [0.2, 0.25) is 0 Å². The van der Waals surface area contributed by atoms with Crippen LogP contribution in [-0.4, -0.2) is 12.9 Å². The van der Waals surface area contributed by atoms with Crippen molar-refractivity contribution in [2.75, 3.05) is 7.11 Å². The lowest BCUT2D eigenvalue weighted by molar-refractivity contribution is -0.138. The number of ketones is 1. The van der Waals surface area contributed by atoms with Gasteiger partial charge >= 0.3 is 6.18 Å². The molecule has 3 nitrogen and oxygen atoms in total. The molecule has 19 heavy (non-hydrogen) atoms. The lowest BCUT2D eigenvalue weighted by Crippen LogP contribution is -2.40. The van der Waals surface area contributed by atoms with Crippen molar-refractivity contribution in [1.29, 1.82) is 5.26 Å². The van der Waals surface area contributed by atoms with E-state index < -0.39 is 17.2 Å². The highest BCUT2D eigenvalue weighted by Gasteiger charge is 2.47. The number of nitrogens with zero attached hydrogens (tertiary/aromatic N) is 1. The first kappa shape index (κ1) is 13.4. The molecule has 0 unspecified atom stereocenters. The minimum absolute atomic E-state index is 0.0346. The molecule has 1 saturated carbocycles. The normalized spacial score (nSPS) is 17.5. The molecular formula is C13H10F3NO2. The second-order valence-electron chi connectivity index (χ2n) is 4.50. The molecule has 100 valence electrons. The predicted molar refractivity (Wildman–Crippen MR) is 59.5 cm³/mol. The maximum atomic E-state index is 12.9. The van der Waals surface area contributed by atoms with Crippen molar-refractivity contribution >= 4 is 5.78 Å². The van der Waals surface area contributed by atoms with Gasteiger partial charge in [-0.05, 0) is 17.7 Å². The fourth-order valence-electron chi connectivity index (χ4n) is 2.20. The van der Waals surface area contributed by atoms with Gasteiger partial charge in [-0.1, -0.05) is 6.07 Å². The highest BCUT2D eigenvalue weighted by atomic mass is 19.4. The highest BCUT2D eigenvalue weighted by Crippen LogP contribution is 2.44. The molecule has 0 aliphatic heterocycles. The molecule has 2 rings (SSSR count). The molecule has 1 fully saturated rings. The number of nitriles is 1. The van der Waals surface area contributed by atoms with Gasteiger partial charge in [0.05, 0.1) is 24.2 Å². The molecule has 1 aliphatic rings. The van der Waals surface area contributed by atoms with Crippen molar-refractivity contribution in [1.82, 2.24) is 0 Å². The SMILES string of the molecule is COc1ccc(C2(C#N)CC(=O)C2)cc1C(F)(F)F. The largest absolute Gasteiger partial charge is 0.496 e. The van der Waals surface area contributed by atoms with Crippen molar-refractivity contribution < 1.29 is 22.7 Å². The fraction of sp³-hybridized carbons (Fsp3) is 0.385. The lowest BCUT2D eigenvalue weighted by atomic mass is 9.64. The summed E-state index contributed by atoms with van der Waals surface area (Å²) >= 11 is 0. The fourth-order valence-corrected chi connectivity index (χ4v) is 2.20. The predicted octanol–water partition coefficient (Wildman–Crippen LogP) is 2.84. The Labute approximate surface area is 107 Å². The van der Waals surface area contributed by atoms with Gasteiger partial charge in [-0.25, -0.2) is 0 Å². The van der Waals surface area contributed by atoms with E-state index >= 15 is 0 Å². The summed E-state index contributed by atoms with van der Waals surface area (Å²) in [6.45, 7) is 0. The number of Topliss-reactive ketones (excluding diaryl/α,β-unsaturated/α-hetero) is 1. The van der Waals surface area contributed by atoms with Crippen LogP contribution in [-0.2, 0) is 16.4 Å². The summed E-state index contributed by atoms with van der Waals surface area (Å²) in [7, 11) is 1.15. The van der Waals surface area contributed by atoms with E-state index in [0.717, 1.165) is 13.2 Å². The van der Waals surface area contributed by atoms with E-state index in [1.807, 2.05) is 6.07 Å². The molecule has 1 aromatic carbocycles. The zero-order chi connectivity index (χ0) is 14.3. The molecule has 0 saturated heterocycles. The second kappa shape index (κ2) is 4.26. The second-order valence-corrected chi connectivity index (χ2v) is 4.50. The maximum absolute atomic E-state index is 12.9. The molecule has 1 aliphatic carbocycles. The summed E-state index contributed by atoms with van der Waals surface area (Å²) in [5.74, 6) is -0.416. The third-order valence-corrected chi connectivity index (χ3v) is 3.27. The number of carbonyl (C=O) groups is 1. The van der Waals surface area contributed by atoms with Crippen LogP contribution < -0.4 is 4.74 Å². The third-order valence-electron chi connectivity index (χ3n) is 3.27. The van der Waals surface area contributed by atoms with Crippen LogP contribution >= 0.6 is 0 Å². The maximum Gasteiger partial charge on any atom is 0.419 e. The molecule has 0 spiro atoms. The monoisotopic (exact) mass is 269 g/mol. The Balaban J connectivity index is 2.50. The highest BCUT2D eigenvalue weighted by molar-refractivity contribution is 5.90. The third kappa shape index (κ3) is 2.16. The summed E-state index contributed by atoms with van der Waals surface area (Å²) in [6, 6.07) is 5.43. The van der Waals surface area contributed by atoms with Gasteiger partial charge in [0.25, 0.3) is 0 Å². The number of carbonyl (C=O) groups excluding carboxylic acids is 1. The van der Waals surface area contributed by atoms with Gasteiger partial charge in [-0.2, -0.15) is 18.4 Å². The number of hydrogen-bond acceptors (Lipinski definition) is 3. The van der Waals surface area contributed by atoms with Gasteiger partial charge in [0.15, 0.2) is 0 Å². The average Bonchev–Trinajstić information content (AvgIpc) is 2.33. The zero-order valence-corrected chi connectivity index (χ0v) is 10.0. The molecule has 0 N–H and O–H groups in total. The van der Waals surface area contributed by atoms with Crippen molar-refractivity contribution in [2.24, 2.45) is 0 Å². The van der Waals surface area contributed by atoms with E-state index in [4.69, 9.17) is 5.26 Å². The van der Waals surface area contributed by atoms with Crippen LogP contribution in [0.25, 0.3) is 0 Å². The number of methoxy groups -OCH3 is 1. The first-order valence-electron chi connectivity index (χ1n) is 5.51. The molecule has 1 aromatic rings. The number of halogens is 3. The van der Waals surface area contributed by atoms with Crippen LogP contribution in [0.15, 0.2) is 18.2 Å². The molecule has 0 aromatic heterocycles. The molecular weight excluding hydrogens is 259 g/mol. The van der Waals surface area contributed by atoms with Crippen molar-refractivity contribution in [3.8, 4) is 11.8 Å². The molecule has 6 heteroatoms. The summed E-state index contributed by atoms with van der Waals surface area (Å²) < 4.78 is 43.3. The van der Waals surface area contributed by atoms with Gasteiger partial charge in [0.1, 0.15) is 11.5 Å². The summed E-state index contributed by atoms with van der Waals surface area (Å²) in [5, 5.41) is 9.11. The van der Waals surface area contributed by atoms with Crippen molar-refractivity contribution in [2.45, 2.75) is 24.4 Å². The average molecular weight is 269 g/mol. The van der Waals surface area contributed by atoms with Crippen LogP contribution in [0.4, 0.5) is 13.2 Å². The number of benzene rings is 1. The van der Waals surface area contributed by atoms with E-state index in [9.17, 15) is 18.0 Å². The Bertz CT molecular complexity index is 564. The topological polar surface area (TPSA) is 50.1 Å². The van der Waals surface area contributed by atoms with Gasteiger partial charge in [0.2, 0.25) is 0 Å². The van der Waals surface area contributed by atoms with Crippen LogP contribution in [0.3, 0.4) is 0 Å². The number of ether oxygens (including phenoxy) is 1. The van der Waals surface area contributed by atoms with Crippen LogP contribution in [0.1, 0.15) is 24.0 Å². The van der Waals surface area contributed by atoms with E-state index in [2.05, 4.69) is 4.74 Å².